The number of aliphatic hydroxyl groups excluding tert-OH is 2. The molecule has 3 aliphatic carbocycles. The molecule has 2 saturated carbocycles. The van der Waals surface area contributed by atoms with Crippen LogP contribution < -0.4 is 5.73 Å². The second-order valence-corrected chi connectivity index (χ2v) is 9.23. The van der Waals surface area contributed by atoms with Crippen molar-refractivity contribution >= 4 is 5.57 Å². The maximum atomic E-state index is 10.0. The molecule has 3 aliphatic rings. The fourth-order valence-corrected chi connectivity index (χ4v) is 6.23. The lowest BCUT2D eigenvalue weighted by molar-refractivity contribution is -0.0653. The minimum Gasteiger partial charge on any atom is -0.465 e. The van der Waals surface area contributed by atoms with Crippen molar-refractivity contribution in [1.82, 2.24) is 0 Å². The van der Waals surface area contributed by atoms with Crippen molar-refractivity contribution in [2.24, 2.45) is 34.3 Å². The topological polar surface area (TPSA) is 79.6 Å². The Morgan fingerprint density at radius 2 is 1.83 bits per heavy atom. The normalized spacial score (nSPS) is 38.7. The predicted octanol–water partition coefficient (Wildman–Crippen LogP) is 5.25. The SMILES string of the molecule is CC.CC12CCC(C3(C)CCC(O)CC3CO)CC1CC=C2c1ccco1.CN. The molecule has 1 aromatic rings. The molecule has 4 rings (SSSR count). The maximum Gasteiger partial charge on any atom is 0.130 e. The monoisotopic (exact) mass is 405 g/mol. The lowest BCUT2D eigenvalue weighted by Gasteiger charge is -2.53. The summed E-state index contributed by atoms with van der Waals surface area (Å²) in [5, 5.41) is 20.0. The van der Waals surface area contributed by atoms with E-state index >= 15 is 0 Å². The van der Waals surface area contributed by atoms with Crippen LogP contribution in [0.25, 0.3) is 5.57 Å². The van der Waals surface area contributed by atoms with Crippen LogP contribution in [0.4, 0.5) is 0 Å². The molecule has 6 atom stereocenters. The van der Waals surface area contributed by atoms with Gasteiger partial charge in [-0.05, 0) is 98.3 Å². The van der Waals surface area contributed by atoms with Gasteiger partial charge in [0.05, 0.1) is 12.4 Å². The third kappa shape index (κ3) is 4.50. The van der Waals surface area contributed by atoms with Gasteiger partial charge >= 0.3 is 0 Å². The van der Waals surface area contributed by atoms with E-state index in [-0.39, 0.29) is 29.5 Å². The van der Waals surface area contributed by atoms with Crippen molar-refractivity contribution in [1.29, 1.82) is 0 Å². The molecule has 0 saturated heterocycles. The molecule has 1 aromatic heterocycles. The van der Waals surface area contributed by atoms with E-state index < -0.39 is 0 Å². The fraction of sp³-hybridized carbons (Fsp3) is 0.760. The molecule has 6 unspecified atom stereocenters. The van der Waals surface area contributed by atoms with Gasteiger partial charge in [-0.2, -0.15) is 0 Å². The van der Waals surface area contributed by atoms with Gasteiger partial charge in [0, 0.05) is 6.61 Å². The van der Waals surface area contributed by atoms with Gasteiger partial charge in [-0.15, -0.1) is 0 Å². The van der Waals surface area contributed by atoms with Crippen LogP contribution in [0, 0.1) is 28.6 Å². The molecule has 0 radical (unpaired) electrons. The van der Waals surface area contributed by atoms with Crippen molar-refractivity contribution in [3.63, 3.8) is 0 Å². The number of aliphatic hydroxyl groups is 2. The molecule has 4 heteroatoms. The van der Waals surface area contributed by atoms with E-state index in [1.165, 1.54) is 31.9 Å². The van der Waals surface area contributed by atoms with E-state index in [9.17, 15) is 10.2 Å². The average molecular weight is 406 g/mol. The first-order chi connectivity index (χ1) is 14.0. The van der Waals surface area contributed by atoms with Gasteiger partial charge in [0.1, 0.15) is 5.76 Å². The number of fused-ring (bicyclic) bond motifs is 1. The number of allylic oxidation sites excluding steroid dienone is 2. The van der Waals surface area contributed by atoms with Gasteiger partial charge in [-0.1, -0.05) is 33.8 Å². The summed E-state index contributed by atoms with van der Waals surface area (Å²) in [6, 6.07) is 4.08. The summed E-state index contributed by atoms with van der Waals surface area (Å²) in [6.45, 7) is 9.01. The van der Waals surface area contributed by atoms with Crippen LogP contribution in [0.3, 0.4) is 0 Å². The minimum atomic E-state index is -0.224. The van der Waals surface area contributed by atoms with E-state index in [0.29, 0.717) is 11.8 Å². The smallest absolute Gasteiger partial charge is 0.130 e. The zero-order chi connectivity index (χ0) is 21.7. The van der Waals surface area contributed by atoms with Crippen molar-refractivity contribution in [3.05, 3.63) is 30.2 Å². The number of hydrogen-bond donors (Lipinski definition) is 3. The van der Waals surface area contributed by atoms with E-state index in [2.05, 4.69) is 31.7 Å². The van der Waals surface area contributed by atoms with Gasteiger partial charge in [0.15, 0.2) is 0 Å². The van der Waals surface area contributed by atoms with E-state index in [0.717, 1.165) is 31.4 Å². The van der Waals surface area contributed by atoms with E-state index in [4.69, 9.17) is 4.42 Å². The van der Waals surface area contributed by atoms with Gasteiger partial charge < -0.3 is 20.4 Å². The van der Waals surface area contributed by atoms with E-state index in [1.807, 2.05) is 19.9 Å². The van der Waals surface area contributed by atoms with Gasteiger partial charge in [0.25, 0.3) is 0 Å². The average Bonchev–Trinajstić information content (AvgIpc) is 3.39. The molecule has 0 aromatic carbocycles. The highest BCUT2D eigenvalue weighted by molar-refractivity contribution is 5.69. The summed E-state index contributed by atoms with van der Waals surface area (Å²) in [5.41, 5.74) is 6.31. The van der Waals surface area contributed by atoms with Crippen LogP contribution in [0.1, 0.15) is 78.4 Å². The molecule has 0 aliphatic heterocycles. The second-order valence-electron chi connectivity index (χ2n) is 9.23. The lowest BCUT2D eigenvalue weighted by Crippen LogP contribution is -2.47. The van der Waals surface area contributed by atoms with Gasteiger partial charge in [0.2, 0.25) is 0 Å². The van der Waals surface area contributed by atoms with Crippen molar-refractivity contribution < 1.29 is 14.6 Å². The summed E-state index contributed by atoms with van der Waals surface area (Å²) in [6.07, 6.45) is 11.5. The summed E-state index contributed by atoms with van der Waals surface area (Å²) < 4.78 is 5.71. The third-order valence-corrected chi connectivity index (χ3v) is 8.15. The quantitative estimate of drug-likeness (QED) is 0.641. The van der Waals surface area contributed by atoms with Crippen LogP contribution >= 0.6 is 0 Å². The third-order valence-electron chi connectivity index (χ3n) is 8.15. The Labute approximate surface area is 177 Å². The Morgan fingerprint density at radius 3 is 2.45 bits per heavy atom. The molecular weight excluding hydrogens is 362 g/mol. The van der Waals surface area contributed by atoms with Crippen LogP contribution in [0.5, 0.6) is 0 Å². The standard InChI is InChI=1S/C22H32O3.C2H6.CH5N/c1-21(10-8-18(24)13-17(21)14-23)16-7-9-22(2)15(12-16)5-6-19(22)20-4-3-11-25-20;2*1-2/h3-4,6,11,15-18,23-24H,5,7-10,12-14H2,1-2H3;1-2H3;2H2,1H3. The molecule has 4 nitrogen and oxygen atoms in total. The summed E-state index contributed by atoms with van der Waals surface area (Å²) in [4.78, 5) is 0. The molecule has 166 valence electrons. The highest BCUT2D eigenvalue weighted by Gasteiger charge is 2.52. The van der Waals surface area contributed by atoms with Crippen LogP contribution in [0.2, 0.25) is 0 Å². The summed E-state index contributed by atoms with van der Waals surface area (Å²) in [5.74, 6) is 2.61. The number of rotatable bonds is 3. The summed E-state index contributed by atoms with van der Waals surface area (Å²) in [7, 11) is 1.50. The number of hydrogen-bond acceptors (Lipinski definition) is 4. The van der Waals surface area contributed by atoms with Crippen molar-refractivity contribution in [2.45, 2.75) is 78.7 Å². The molecule has 0 amide bonds. The highest BCUT2D eigenvalue weighted by Crippen LogP contribution is 2.61. The van der Waals surface area contributed by atoms with E-state index in [1.54, 1.807) is 6.26 Å². The zero-order valence-electron chi connectivity index (χ0n) is 19.2. The Bertz CT molecular complexity index is 641. The second kappa shape index (κ2) is 10.3. The molecule has 1 heterocycles. The number of furan rings is 1. The van der Waals surface area contributed by atoms with Gasteiger partial charge in [-0.3, -0.25) is 0 Å². The van der Waals surface area contributed by atoms with Crippen molar-refractivity contribution in [2.75, 3.05) is 13.7 Å². The minimum absolute atomic E-state index is 0.169. The molecule has 4 N–H and O–H groups in total. The first-order valence-corrected chi connectivity index (χ1v) is 11.6. The lowest BCUT2D eigenvalue weighted by atomic mass is 9.52. The predicted molar refractivity (Wildman–Crippen MR) is 120 cm³/mol. The van der Waals surface area contributed by atoms with Crippen LogP contribution in [-0.2, 0) is 0 Å². The molecule has 0 spiro atoms. The Balaban J connectivity index is 0.000000707. The molecule has 2 fully saturated rings. The molecular formula is C25H43NO3. The first kappa shape index (κ1) is 24.2. The molecule has 0 bridgehead atoms. The van der Waals surface area contributed by atoms with Crippen molar-refractivity contribution in [3.8, 4) is 0 Å². The summed E-state index contributed by atoms with van der Waals surface area (Å²) >= 11 is 0. The van der Waals surface area contributed by atoms with Gasteiger partial charge in [-0.25, -0.2) is 0 Å². The van der Waals surface area contributed by atoms with Crippen LogP contribution in [-0.4, -0.2) is 30.0 Å². The zero-order valence-corrected chi connectivity index (χ0v) is 19.2. The maximum absolute atomic E-state index is 10.0. The van der Waals surface area contributed by atoms with Crippen LogP contribution in [0.15, 0.2) is 28.9 Å². The fourth-order valence-electron chi connectivity index (χ4n) is 6.23. The highest BCUT2D eigenvalue weighted by atomic mass is 16.3. The Morgan fingerprint density at radius 1 is 1.10 bits per heavy atom. The number of nitrogens with two attached hydrogens (primary N) is 1. The first-order valence-electron chi connectivity index (χ1n) is 11.6. The Kier molecular flexibility index (Phi) is 8.57. The molecule has 29 heavy (non-hydrogen) atoms. The Hall–Kier alpha value is -1.10. The largest absolute Gasteiger partial charge is 0.465 e.